The second-order valence-electron chi connectivity index (χ2n) is 7.29. The Morgan fingerprint density at radius 1 is 1.04 bits per heavy atom. The summed E-state index contributed by atoms with van der Waals surface area (Å²) in [6.07, 6.45) is 0. The van der Waals surface area contributed by atoms with Gasteiger partial charge in [0.2, 0.25) is 5.91 Å². The number of carbonyl (C=O) groups excluding carboxylic acids is 3. The third kappa shape index (κ3) is 7.80. The lowest BCUT2D eigenvalue weighted by molar-refractivity contribution is -0.885. The molecule has 1 aromatic rings. The molecule has 0 aliphatic carbocycles. The molecular weight excluding hydrogens is 320 g/mol. The van der Waals surface area contributed by atoms with Crippen LogP contribution in [0.1, 0.15) is 34.6 Å². The van der Waals surface area contributed by atoms with E-state index >= 15 is 0 Å². The minimum Gasteiger partial charge on any atom is -0.347 e. The number of hydrogen-bond donors (Lipinski definition) is 4. The van der Waals surface area contributed by atoms with Gasteiger partial charge in [0.15, 0.2) is 12.6 Å². The highest BCUT2D eigenvalue weighted by Gasteiger charge is 2.25. The Labute approximate surface area is 149 Å². The van der Waals surface area contributed by atoms with Gasteiger partial charge in [0.05, 0.1) is 7.05 Å². The van der Waals surface area contributed by atoms with Gasteiger partial charge in [-0.1, -0.05) is 0 Å². The molecule has 0 bridgehead atoms. The predicted octanol–water partition coefficient (Wildman–Crippen LogP) is 0.401. The van der Waals surface area contributed by atoms with Gasteiger partial charge in [-0.05, 0) is 52.0 Å². The number of quaternary nitrogens is 1. The third-order valence-corrected chi connectivity index (χ3v) is 3.56. The lowest BCUT2D eigenvalue weighted by Crippen LogP contribution is -3.15. The fourth-order valence-electron chi connectivity index (χ4n) is 2.18. The van der Waals surface area contributed by atoms with Crippen LogP contribution in [-0.2, 0) is 14.4 Å². The van der Waals surface area contributed by atoms with Crippen molar-refractivity contribution in [2.24, 2.45) is 0 Å². The molecule has 7 heteroatoms. The molecule has 7 nitrogen and oxygen atoms in total. The van der Waals surface area contributed by atoms with Crippen LogP contribution in [0.4, 0.5) is 11.4 Å². The average Bonchev–Trinajstić information content (AvgIpc) is 2.45. The second-order valence-corrected chi connectivity index (χ2v) is 7.29. The first-order chi connectivity index (χ1) is 11.5. The molecule has 2 atom stereocenters. The summed E-state index contributed by atoms with van der Waals surface area (Å²) in [4.78, 5) is 36.1. The van der Waals surface area contributed by atoms with Crippen molar-refractivity contribution in [1.29, 1.82) is 0 Å². The summed E-state index contributed by atoms with van der Waals surface area (Å²) in [6.45, 7) is 9.18. The number of amides is 3. The predicted molar refractivity (Wildman–Crippen MR) is 98.5 cm³/mol. The maximum Gasteiger partial charge on any atom is 0.282 e. The SMILES string of the molecule is CC(=O)Nc1ccc(NC(=O)[C@H](C)[NH+](C)CC(=O)NC(C)(C)C)cc1. The van der Waals surface area contributed by atoms with Crippen LogP contribution in [-0.4, -0.2) is 42.9 Å². The first-order valence-corrected chi connectivity index (χ1v) is 8.30. The van der Waals surface area contributed by atoms with E-state index in [1.807, 2.05) is 27.8 Å². The fourth-order valence-corrected chi connectivity index (χ4v) is 2.18. The average molecular weight is 349 g/mol. The van der Waals surface area contributed by atoms with Gasteiger partial charge in [-0.3, -0.25) is 14.4 Å². The molecule has 1 aromatic carbocycles. The molecule has 0 fully saturated rings. The van der Waals surface area contributed by atoms with Crippen LogP contribution in [0.15, 0.2) is 24.3 Å². The molecule has 138 valence electrons. The summed E-state index contributed by atoms with van der Waals surface area (Å²) in [5, 5.41) is 8.38. The summed E-state index contributed by atoms with van der Waals surface area (Å²) >= 11 is 0. The molecule has 0 aliphatic rings. The molecule has 1 rings (SSSR count). The van der Waals surface area contributed by atoms with E-state index in [2.05, 4.69) is 16.0 Å². The maximum atomic E-state index is 12.3. The van der Waals surface area contributed by atoms with E-state index in [4.69, 9.17) is 0 Å². The number of rotatable bonds is 6. The molecular formula is C18H29N4O3+. The lowest BCUT2D eigenvalue weighted by Gasteiger charge is -2.24. The van der Waals surface area contributed by atoms with E-state index in [0.717, 1.165) is 4.90 Å². The number of anilines is 2. The quantitative estimate of drug-likeness (QED) is 0.599. The monoisotopic (exact) mass is 349 g/mol. The van der Waals surface area contributed by atoms with Gasteiger partial charge in [0.25, 0.3) is 11.8 Å². The normalized spacial score (nSPS) is 13.5. The van der Waals surface area contributed by atoms with Crippen LogP contribution >= 0.6 is 0 Å². The maximum absolute atomic E-state index is 12.3. The smallest absolute Gasteiger partial charge is 0.282 e. The first kappa shape index (κ1) is 20.6. The van der Waals surface area contributed by atoms with E-state index in [1.165, 1.54) is 6.92 Å². The van der Waals surface area contributed by atoms with E-state index in [1.54, 1.807) is 31.2 Å². The van der Waals surface area contributed by atoms with Crippen molar-refractivity contribution in [1.82, 2.24) is 5.32 Å². The van der Waals surface area contributed by atoms with Crippen LogP contribution in [0, 0.1) is 0 Å². The Hall–Kier alpha value is -2.41. The van der Waals surface area contributed by atoms with Crippen molar-refractivity contribution < 1.29 is 19.3 Å². The number of hydrogen-bond acceptors (Lipinski definition) is 3. The van der Waals surface area contributed by atoms with Crippen molar-refractivity contribution in [3.63, 3.8) is 0 Å². The molecule has 0 saturated carbocycles. The Morgan fingerprint density at radius 3 is 1.96 bits per heavy atom. The van der Waals surface area contributed by atoms with Crippen molar-refractivity contribution in [3.05, 3.63) is 24.3 Å². The Balaban J connectivity index is 2.58. The molecule has 3 amide bonds. The largest absolute Gasteiger partial charge is 0.347 e. The second kappa shape index (κ2) is 8.62. The van der Waals surface area contributed by atoms with Crippen molar-refractivity contribution in [2.75, 3.05) is 24.2 Å². The van der Waals surface area contributed by atoms with Gasteiger partial charge >= 0.3 is 0 Å². The summed E-state index contributed by atoms with van der Waals surface area (Å²) in [5.74, 6) is -0.415. The van der Waals surface area contributed by atoms with Crippen LogP contribution in [0.25, 0.3) is 0 Å². The number of likely N-dealkylation sites (N-methyl/N-ethyl adjacent to an activating group) is 1. The molecule has 0 aromatic heterocycles. The molecule has 0 radical (unpaired) electrons. The standard InChI is InChI=1S/C18H28N4O3/c1-12(22(6)11-16(24)21-18(3,4)5)17(25)20-15-9-7-14(8-10-15)19-13(2)23/h7-10,12H,11H2,1-6H3,(H,19,23)(H,20,25)(H,21,24)/p+1/t12-/m0/s1. The van der Waals surface area contributed by atoms with E-state index in [-0.39, 0.29) is 35.8 Å². The molecule has 1 unspecified atom stereocenters. The van der Waals surface area contributed by atoms with Crippen molar-refractivity contribution in [2.45, 2.75) is 46.2 Å². The van der Waals surface area contributed by atoms with E-state index < -0.39 is 0 Å². The van der Waals surface area contributed by atoms with E-state index in [9.17, 15) is 14.4 Å². The minimum atomic E-state index is -0.388. The van der Waals surface area contributed by atoms with Crippen molar-refractivity contribution in [3.8, 4) is 0 Å². The summed E-state index contributed by atoms with van der Waals surface area (Å²) in [5.41, 5.74) is 1.01. The van der Waals surface area contributed by atoms with Crippen LogP contribution in [0.5, 0.6) is 0 Å². The van der Waals surface area contributed by atoms with E-state index in [0.29, 0.717) is 11.4 Å². The van der Waals surface area contributed by atoms with Gasteiger partial charge in [0.1, 0.15) is 0 Å². The molecule has 0 aliphatic heterocycles. The third-order valence-electron chi connectivity index (χ3n) is 3.56. The zero-order chi connectivity index (χ0) is 19.2. The molecule has 0 spiro atoms. The highest BCUT2D eigenvalue weighted by atomic mass is 16.2. The molecule has 0 saturated heterocycles. The zero-order valence-electron chi connectivity index (χ0n) is 15.8. The number of nitrogens with one attached hydrogen (secondary N) is 4. The fraction of sp³-hybridized carbons (Fsp3) is 0.500. The van der Waals surface area contributed by atoms with Crippen LogP contribution < -0.4 is 20.9 Å². The zero-order valence-corrected chi connectivity index (χ0v) is 15.8. The highest BCUT2D eigenvalue weighted by molar-refractivity contribution is 5.94. The lowest BCUT2D eigenvalue weighted by atomic mass is 10.1. The highest BCUT2D eigenvalue weighted by Crippen LogP contribution is 2.13. The van der Waals surface area contributed by atoms with Crippen molar-refractivity contribution >= 4 is 29.1 Å². The van der Waals surface area contributed by atoms with Gasteiger partial charge in [-0.25, -0.2) is 0 Å². The number of benzene rings is 1. The molecule has 25 heavy (non-hydrogen) atoms. The summed E-state index contributed by atoms with van der Waals surface area (Å²) in [6, 6.07) is 6.49. The Morgan fingerprint density at radius 2 is 1.52 bits per heavy atom. The van der Waals surface area contributed by atoms with Gasteiger partial charge in [-0.2, -0.15) is 0 Å². The number of carbonyl (C=O) groups is 3. The Bertz CT molecular complexity index is 620. The minimum absolute atomic E-state index is 0.0932. The van der Waals surface area contributed by atoms with Gasteiger partial charge in [0, 0.05) is 23.8 Å². The molecule has 0 heterocycles. The van der Waals surface area contributed by atoms with Gasteiger partial charge < -0.3 is 20.9 Å². The van der Waals surface area contributed by atoms with Gasteiger partial charge in [-0.15, -0.1) is 0 Å². The summed E-state index contributed by atoms with van der Waals surface area (Å²) < 4.78 is 0. The summed E-state index contributed by atoms with van der Waals surface area (Å²) in [7, 11) is 1.81. The Kier molecular flexibility index (Phi) is 7.11. The van der Waals surface area contributed by atoms with Crippen LogP contribution in [0.2, 0.25) is 0 Å². The first-order valence-electron chi connectivity index (χ1n) is 8.30. The topological polar surface area (TPSA) is 91.7 Å². The molecule has 4 N–H and O–H groups in total. The van der Waals surface area contributed by atoms with Crippen LogP contribution in [0.3, 0.4) is 0 Å².